The number of likely N-dealkylation sites (tertiary alicyclic amines) is 1. The highest BCUT2D eigenvalue weighted by atomic mass is 16.4. The van der Waals surface area contributed by atoms with Crippen LogP contribution < -0.4 is 0 Å². The molecule has 0 spiro atoms. The molecule has 4 unspecified atom stereocenters. The molecule has 0 bridgehead atoms. The fourth-order valence-corrected chi connectivity index (χ4v) is 7.56. The van der Waals surface area contributed by atoms with Gasteiger partial charge >= 0.3 is 5.97 Å². The van der Waals surface area contributed by atoms with Crippen LogP contribution >= 0.6 is 0 Å². The lowest BCUT2D eigenvalue weighted by molar-refractivity contribution is -0.163. The first-order valence-electron chi connectivity index (χ1n) is 9.77. The second-order valence-corrected chi connectivity index (χ2v) is 9.49. The summed E-state index contributed by atoms with van der Waals surface area (Å²) in [6.45, 7) is 4.67. The molecule has 7 atom stereocenters. The van der Waals surface area contributed by atoms with Gasteiger partial charge in [-0.25, -0.2) is 0 Å². The van der Waals surface area contributed by atoms with Gasteiger partial charge in [-0.1, -0.05) is 13.8 Å². The maximum Gasteiger partial charge on any atom is 0.307 e. The quantitative estimate of drug-likeness (QED) is 0.798. The molecular weight excluding hydrogens is 302 g/mol. The molecule has 3 aliphatic carbocycles. The van der Waals surface area contributed by atoms with Gasteiger partial charge in [0.2, 0.25) is 5.91 Å². The molecule has 1 aliphatic heterocycles. The molecule has 3 saturated carbocycles. The summed E-state index contributed by atoms with van der Waals surface area (Å²) in [5, 5.41) is 9.67. The minimum Gasteiger partial charge on any atom is -0.481 e. The number of hydrogen-bond acceptors (Lipinski definition) is 2. The van der Waals surface area contributed by atoms with Crippen LogP contribution in [-0.2, 0) is 9.59 Å². The SMILES string of the molecule is CN1C(=O)CC[C@]2(C)C3CC[C@@]4(C)C(CC[C@@H]4C(=O)O)C3CCC12. The normalized spacial score (nSPS) is 50.9. The molecule has 134 valence electrons. The Morgan fingerprint density at radius 1 is 1.04 bits per heavy atom. The van der Waals surface area contributed by atoms with Crippen molar-refractivity contribution in [1.29, 1.82) is 0 Å². The summed E-state index contributed by atoms with van der Waals surface area (Å²) in [5.74, 6) is 1.47. The Bertz CT molecular complexity index is 575. The van der Waals surface area contributed by atoms with Crippen molar-refractivity contribution < 1.29 is 14.7 Å². The standard InChI is InChI=1S/C20H31NO3/c1-19-10-8-14-12(13(19)5-6-15(19)18(23)24)4-7-16-20(14,2)11-9-17(22)21(16)3/h12-16H,4-11H2,1-3H3,(H,23,24)/t12?,13?,14?,15-,16?,19+,20-/m1/s1. The molecule has 0 aromatic heterocycles. The molecular formula is C20H31NO3. The van der Waals surface area contributed by atoms with E-state index in [1.54, 1.807) is 0 Å². The smallest absolute Gasteiger partial charge is 0.307 e. The van der Waals surface area contributed by atoms with Gasteiger partial charge in [-0.3, -0.25) is 9.59 Å². The zero-order chi connectivity index (χ0) is 17.3. The summed E-state index contributed by atoms with van der Waals surface area (Å²) in [7, 11) is 1.99. The number of aliphatic carboxylic acids is 1. The average molecular weight is 333 g/mol. The van der Waals surface area contributed by atoms with Gasteiger partial charge in [0.15, 0.2) is 0 Å². The van der Waals surface area contributed by atoms with Gasteiger partial charge in [0.1, 0.15) is 0 Å². The van der Waals surface area contributed by atoms with Crippen LogP contribution in [-0.4, -0.2) is 35.0 Å². The summed E-state index contributed by atoms with van der Waals surface area (Å²) in [5.41, 5.74) is 0.223. The summed E-state index contributed by atoms with van der Waals surface area (Å²) >= 11 is 0. The van der Waals surface area contributed by atoms with Gasteiger partial charge in [0.25, 0.3) is 0 Å². The fraction of sp³-hybridized carbons (Fsp3) is 0.900. The maximum absolute atomic E-state index is 12.2. The van der Waals surface area contributed by atoms with E-state index in [9.17, 15) is 14.7 Å². The molecule has 4 fully saturated rings. The van der Waals surface area contributed by atoms with Crippen LogP contribution in [0.25, 0.3) is 0 Å². The predicted octanol–water partition coefficient (Wildman–Crippen LogP) is 3.55. The molecule has 1 amide bonds. The van der Waals surface area contributed by atoms with Crippen molar-refractivity contribution in [3.8, 4) is 0 Å². The third-order valence-electron chi connectivity index (χ3n) is 8.86. The second kappa shape index (κ2) is 5.22. The number of carboxylic acids is 1. The second-order valence-electron chi connectivity index (χ2n) is 9.49. The largest absolute Gasteiger partial charge is 0.481 e. The van der Waals surface area contributed by atoms with Crippen molar-refractivity contribution in [3.05, 3.63) is 0 Å². The predicted molar refractivity (Wildman–Crippen MR) is 91.3 cm³/mol. The zero-order valence-electron chi connectivity index (χ0n) is 15.3. The van der Waals surface area contributed by atoms with E-state index in [0.29, 0.717) is 36.1 Å². The van der Waals surface area contributed by atoms with Crippen LogP contribution in [0.3, 0.4) is 0 Å². The molecule has 1 heterocycles. The van der Waals surface area contributed by atoms with E-state index in [4.69, 9.17) is 0 Å². The Balaban J connectivity index is 1.64. The van der Waals surface area contributed by atoms with Crippen LogP contribution in [0.15, 0.2) is 0 Å². The Kier molecular flexibility index (Phi) is 3.57. The monoisotopic (exact) mass is 333 g/mol. The molecule has 0 radical (unpaired) electrons. The van der Waals surface area contributed by atoms with Crippen LogP contribution in [0.2, 0.25) is 0 Å². The third kappa shape index (κ3) is 1.97. The van der Waals surface area contributed by atoms with Gasteiger partial charge in [0, 0.05) is 19.5 Å². The lowest BCUT2D eigenvalue weighted by atomic mass is 9.47. The van der Waals surface area contributed by atoms with Gasteiger partial charge in [-0.15, -0.1) is 0 Å². The van der Waals surface area contributed by atoms with Crippen LogP contribution in [0.1, 0.15) is 65.2 Å². The number of carbonyl (C=O) groups excluding carboxylic acids is 1. The van der Waals surface area contributed by atoms with Crippen molar-refractivity contribution >= 4 is 11.9 Å². The Hall–Kier alpha value is -1.06. The van der Waals surface area contributed by atoms with E-state index in [2.05, 4.69) is 13.8 Å². The average Bonchev–Trinajstić information content (AvgIpc) is 2.89. The van der Waals surface area contributed by atoms with Crippen molar-refractivity contribution in [2.45, 2.75) is 71.3 Å². The third-order valence-corrected chi connectivity index (χ3v) is 8.86. The number of nitrogens with zero attached hydrogens (tertiary/aromatic N) is 1. The highest BCUT2D eigenvalue weighted by Crippen LogP contribution is 2.66. The van der Waals surface area contributed by atoms with Crippen molar-refractivity contribution in [2.75, 3.05) is 7.05 Å². The molecule has 0 aromatic rings. The van der Waals surface area contributed by atoms with Crippen molar-refractivity contribution in [3.63, 3.8) is 0 Å². The van der Waals surface area contributed by atoms with Gasteiger partial charge < -0.3 is 10.0 Å². The molecule has 4 heteroatoms. The number of rotatable bonds is 1. The van der Waals surface area contributed by atoms with Crippen LogP contribution in [0.4, 0.5) is 0 Å². The van der Waals surface area contributed by atoms with Crippen molar-refractivity contribution in [1.82, 2.24) is 4.90 Å². The Labute approximate surface area is 145 Å². The summed E-state index contributed by atoms with van der Waals surface area (Å²) in [6.07, 6.45) is 8.13. The molecule has 4 rings (SSSR count). The molecule has 24 heavy (non-hydrogen) atoms. The summed E-state index contributed by atoms with van der Waals surface area (Å²) in [4.78, 5) is 25.9. The number of fused-ring (bicyclic) bond motifs is 5. The molecule has 4 aliphatic rings. The maximum atomic E-state index is 12.2. The first kappa shape index (κ1) is 16.4. The summed E-state index contributed by atoms with van der Waals surface area (Å²) < 4.78 is 0. The van der Waals surface area contributed by atoms with Gasteiger partial charge in [-0.2, -0.15) is 0 Å². The fourth-order valence-electron chi connectivity index (χ4n) is 7.56. The molecule has 4 nitrogen and oxygen atoms in total. The Morgan fingerprint density at radius 2 is 1.75 bits per heavy atom. The first-order chi connectivity index (χ1) is 11.3. The first-order valence-corrected chi connectivity index (χ1v) is 9.77. The number of amides is 1. The lowest BCUT2D eigenvalue weighted by Crippen LogP contribution is -2.61. The van der Waals surface area contributed by atoms with Crippen molar-refractivity contribution in [2.24, 2.45) is 34.5 Å². The van der Waals surface area contributed by atoms with Crippen LogP contribution in [0.5, 0.6) is 0 Å². The number of carboxylic acid groups (broad SMARTS) is 1. The lowest BCUT2D eigenvalue weighted by Gasteiger charge is -2.61. The van der Waals surface area contributed by atoms with Gasteiger partial charge in [0.05, 0.1) is 5.92 Å². The topological polar surface area (TPSA) is 57.6 Å². The van der Waals surface area contributed by atoms with Crippen LogP contribution in [0, 0.1) is 34.5 Å². The Morgan fingerprint density at radius 3 is 2.46 bits per heavy atom. The number of carbonyl (C=O) groups is 2. The van der Waals surface area contributed by atoms with E-state index < -0.39 is 5.97 Å². The molecule has 1 N–H and O–H groups in total. The highest BCUT2D eigenvalue weighted by molar-refractivity contribution is 5.77. The van der Waals surface area contributed by atoms with E-state index in [-0.39, 0.29) is 16.7 Å². The number of hydrogen-bond donors (Lipinski definition) is 1. The number of piperidine rings is 1. The summed E-state index contributed by atoms with van der Waals surface area (Å²) in [6, 6.07) is 0.390. The van der Waals surface area contributed by atoms with E-state index in [1.807, 2.05) is 11.9 Å². The molecule has 0 aromatic carbocycles. The zero-order valence-corrected chi connectivity index (χ0v) is 15.3. The minimum atomic E-state index is -0.582. The van der Waals surface area contributed by atoms with Gasteiger partial charge in [-0.05, 0) is 73.5 Å². The molecule has 1 saturated heterocycles. The minimum absolute atomic E-state index is 0.00736. The van der Waals surface area contributed by atoms with E-state index in [0.717, 1.165) is 38.5 Å². The highest BCUT2D eigenvalue weighted by Gasteiger charge is 2.62. The van der Waals surface area contributed by atoms with E-state index >= 15 is 0 Å². The van der Waals surface area contributed by atoms with E-state index in [1.165, 1.54) is 6.42 Å².